The second kappa shape index (κ2) is 7.46. The van der Waals surface area contributed by atoms with Crippen molar-refractivity contribution < 1.29 is 0 Å². The molecule has 0 unspecified atom stereocenters. The molecule has 0 bridgehead atoms. The first-order valence-electron chi connectivity index (χ1n) is 8.26. The van der Waals surface area contributed by atoms with E-state index in [1.165, 1.54) is 15.9 Å². The van der Waals surface area contributed by atoms with Gasteiger partial charge in [0.2, 0.25) is 4.96 Å². The van der Waals surface area contributed by atoms with Crippen LogP contribution in [0.25, 0.3) is 11.0 Å². The van der Waals surface area contributed by atoms with E-state index in [1.807, 2.05) is 60.9 Å². The fraction of sp³-hybridized carbons (Fsp3) is 0.100. The molecule has 0 atom stereocenters. The zero-order valence-electron chi connectivity index (χ0n) is 14.5. The molecule has 7 heteroatoms. The van der Waals surface area contributed by atoms with E-state index in [1.54, 1.807) is 17.8 Å². The van der Waals surface area contributed by atoms with Gasteiger partial charge in [0.1, 0.15) is 5.69 Å². The van der Waals surface area contributed by atoms with Crippen molar-refractivity contribution in [3.05, 3.63) is 96.7 Å². The lowest BCUT2D eigenvalue weighted by atomic mass is 10.1. The highest BCUT2D eigenvalue weighted by Crippen LogP contribution is 2.15. The Bertz CT molecular complexity index is 1260. The minimum Gasteiger partial charge on any atom is -0.266 e. The van der Waals surface area contributed by atoms with Crippen LogP contribution >= 0.6 is 23.1 Å². The summed E-state index contributed by atoms with van der Waals surface area (Å²) in [5.41, 5.74) is 1.49. The number of rotatable bonds is 4. The van der Waals surface area contributed by atoms with Crippen molar-refractivity contribution in [2.45, 2.75) is 11.3 Å². The number of aromatic nitrogens is 3. The molecular formula is C20H15N3O2S2. The molecule has 0 amide bonds. The Balaban J connectivity index is 1.78. The number of thioether (sulfide) groups is 1. The summed E-state index contributed by atoms with van der Waals surface area (Å²) in [4.78, 5) is 30.5. The van der Waals surface area contributed by atoms with Crippen LogP contribution in [-0.4, -0.2) is 20.9 Å². The third-order valence-electron chi connectivity index (χ3n) is 4.08. The summed E-state index contributed by atoms with van der Waals surface area (Å²) >= 11 is 2.84. The minimum absolute atomic E-state index is 0.259. The lowest BCUT2D eigenvalue weighted by Crippen LogP contribution is -2.28. The van der Waals surface area contributed by atoms with Gasteiger partial charge < -0.3 is 0 Å². The lowest BCUT2D eigenvalue weighted by Gasteiger charge is -1.99. The number of thiazole rings is 1. The maximum atomic E-state index is 12.7. The number of fused-ring (bicyclic) bond motifs is 1. The van der Waals surface area contributed by atoms with Gasteiger partial charge in [-0.15, -0.1) is 11.8 Å². The van der Waals surface area contributed by atoms with Crippen LogP contribution in [-0.2, 0) is 6.42 Å². The van der Waals surface area contributed by atoms with Crippen LogP contribution in [0.3, 0.4) is 0 Å². The largest absolute Gasteiger partial charge is 0.296 e. The quantitative estimate of drug-likeness (QED) is 0.498. The first-order valence-corrected chi connectivity index (χ1v) is 10.3. The van der Waals surface area contributed by atoms with E-state index in [4.69, 9.17) is 0 Å². The number of nitrogens with zero attached hydrogens (tertiary/aromatic N) is 3. The van der Waals surface area contributed by atoms with E-state index in [2.05, 4.69) is 10.1 Å². The third-order valence-corrected chi connectivity index (χ3v) is 5.78. The van der Waals surface area contributed by atoms with Crippen molar-refractivity contribution >= 4 is 34.1 Å². The summed E-state index contributed by atoms with van der Waals surface area (Å²) in [5, 5.41) is 4.28. The molecule has 0 aliphatic heterocycles. The molecule has 0 radical (unpaired) electrons. The van der Waals surface area contributed by atoms with E-state index >= 15 is 0 Å². The molecule has 0 N–H and O–H groups in total. The van der Waals surface area contributed by atoms with Gasteiger partial charge in [-0.3, -0.25) is 9.59 Å². The molecular weight excluding hydrogens is 378 g/mol. The zero-order valence-corrected chi connectivity index (χ0v) is 16.1. The smallest absolute Gasteiger partial charge is 0.266 e. The zero-order chi connectivity index (χ0) is 18.8. The maximum Gasteiger partial charge on any atom is 0.296 e. The normalized spacial score (nSPS) is 12.0. The van der Waals surface area contributed by atoms with E-state index in [0.717, 1.165) is 16.0 Å². The minimum atomic E-state index is -0.393. The molecule has 134 valence electrons. The van der Waals surface area contributed by atoms with Crippen molar-refractivity contribution in [3.8, 4) is 0 Å². The van der Waals surface area contributed by atoms with Gasteiger partial charge in [-0.1, -0.05) is 53.8 Å². The monoisotopic (exact) mass is 393 g/mol. The van der Waals surface area contributed by atoms with Crippen LogP contribution in [0.15, 0.2) is 69.1 Å². The number of hydrogen-bond acceptors (Lipinski definition) is 6. The SMILES string of the molecule is CSc1ccc(/C=c2\sc3nc(=O)c(Cc4ccccc4)nn3c2=O)cc1. The van der Waals surface area contributed by atoms with Gasteiger partial charge in [-0.05, 0) is 35.6 Å². The Labute approximate surface area is 163 Å². The molecule has 2 aromatic heterocycles. The first-order chi connectivity index (χ1) is 13.1. The molecule has 5 nitrogen and oxygen atoms in total. The summed E-state index contributed by atoms with van der Waals surface area (Å²) in [6.07, 6.45) is 4.16. The summed E-state index contributed by atoms with van der Waals surface area (Å²) in [7, 11) is 0. The predicted molar refractivity (Wildman–Crippen MR) is 110 cm³/mol. The summed E-state index contributed by atoms with van der Waals surface area (Å²) in [6.45, 7) is 0. The Morgan fingerprint density at radius 3 is 2.52 bits per heavy atom. The summed E-state index contributed by atoms with van der Waals surface area (Å²) in [6, 6.07) is 17.5. The molecule has 2 heterocycles. The molecule has 4 aromatic rings. The van der Waals surface area contributed by atoms with E-state index in [-0.39, 0.29) is 11.3 Å². The van der Waals surface area contributed by atoms with Gasteiger partial charge in [-0.2, -0.15) is 14.6 Å². The Hall–Kier alpha value is -2.77. The Kier molecular flexibility index (Phi) is 4.87. The van der Waals surface area contributed by atoms with Crippen molar-refractivity contribution in [2.75, 3.05) is 6.26 Å². The van der Waals surface area contributed by atoms with Crippen LogP contribution in [0.1, 0.15) is 16.8 Å². The van der Waals surface area contributed by atoms with Crippen molar-refractivity contribution in [2.24, 2.45) is 0 Å². The topological polar surface area (TPSA) is 64.3 Å². The van der Waals surface area contributed by atoms with Crippen LogP contribution in [0.5, 0.6) is 0 Å². The number of hydrogen-bond donors (Lipinski definition) is 0. The maximum absolute atomic E-state index is 12.7. The molecule has 0 spiro atoms. The van der Waals surface area contributed by atoms with Gasteiger partial charge in [0.15, 0.2) is 0 Å². The average molecular weight is 393 g/mol. The second-order valence-electron chi connectivity index (χ2n) is 5.91. The predicted octanol–water partition coefficient (Wildman–Crippen LogP) is 2.37. The van der Waals surface area contributed by atoms with Crippen LogP contribution < -0.4 is 15.7 Å². The average Bonchev–Trinajstić information content (AvgIpc) is 2.98. The standard InChI is InChI=1S/C20H15N3O2S2/c1-26-15-9-7-14(8-10-15)12-17-19(25)23-20(27-17)21-18(24)16(22-23)11-13-5-3-2-4-6-13/h2-10,12H,11H2,1H3/b17-12-. The van der Waals surface area contributed by atoms with Crippen molar-refractivity contribution in [1.29, 1.82) is 0 Å². The van der Waals surface area contributed by atoms with Gasteiger partial charge in [0.05, 0.1) is 4.53 Å². The van der Waals surface area contributed by atoms with Crippen LogP contribution in [0.4, 0.5) is 0 Å². The lowest BCUT2D eigenvalue weighted by molar-refractivity contribution is 0.811. The highest BCUT2D eigenvalue weighted by Gasteiger charge is 2.11. The van der Waals surface area contributed by atoms with E-state index in [0.29, 0.717) is 15.9 Å². The Morgan fingerprint density at radius 1 is 1.07 bits per heavy atom. The molecule has 2 aromatic carbocycles. The Morgan fingerprint density at radius 2 is 1.81 bits per heavy atom. The van der Waals surface area contributed by atoms with E-state index < -0.39 is 5.56 Å². The highest BCUT2D eigenvalue weighted by atomic mass is 32.2. The second-order valence-corrected chi connectivity index (χ2v) is 7.80. The van der Waals surface area contributed by atoms with E-state index in [9.17, 15) is 9.59 Å². The highest BCUT2D eigenvalue weighted by molar-refractivity contribution is 7.98. The molecule has 0 saturated heterocycles. The molecule has 4 rings (SSSR count). The molecule has 0 fully saturated rings. The van der Waals surface area contributed by atoms with Gasteiger partial charge >= 0.3 is 0 Å². The molecule has 0 aliphatic rings. The molecule has 0 saturated carbocycles. The molecule has 0 aliphatic carbocycles. The fourth-order valence-corrected chi connectivity index (χ4v) is 4.01. The van der Waals surface area contributed by atoms with Crippen molar-refractivity contribution in [3.63, 3.8) is 0 Å². The molecule has 27 heavy (non-hydrogen) atoms. The van der Waals surface area contributed by atoms with Gasteiger partial charge in [-0.25, -0.2) is 0 Å². The van der Waals surface area contributed by atoms with Crippen molar-refractivity contribution in [1.82, 2.24) is 14.6 Å². The summed E-state index contributed by atoms with van der Waals surface area (Å²) < 4.78 is 1.73. The first kappa shape index (κ1) is 17.6. The van der Waals surface area contributed by atoms with Crippen LogP contribution in [0.2, 0.25) is 0 Å². The van der Waals surface area contributed by atoms with Gasteiger partial charge in [0.25, 0.3) is 11.1 Å². The third kappa shape index (κ3) is 3.70. The summed E-state index contributed by atoms with van der Waals surface area (Å²) in [5.74, 6) is 0. The fourth-order valence-electron chi connectivity index (χ4n) is 2.69. The number of benzene rings is 2. The van der Waals surface area contributed by atoms with Gasteiger partial charge in [0, 0.05) is 11.3 Å². The van der Waals surface area contributed by atoms with Crippen LogP contribution in [0, 0.1) is 0 Å².